The van der Waals surface area contributed by atoms with Gasteiger partial charge in [-0.05, 0) is 48.5 Å². The minimum atomic E-state index is -4.38. The molecule has 2 heterocycles. The average Bonchev–Trinajstić information content (AvgIpc) is 2.87. The van der Waals surface area contributed by atoms with Crippen molar-refractivity contribution in [3.8, 4) is 5.75 Å². The number of nitrogens with one attached hydrogen (secondary N) is 2. The molecule has 40 heavy (non-hydrogen) atoms. The summed E-state index contributed by atoms with van der Waals surface area (Å²) >= 11 is 0. The standard InChI is InChI=1S/C18H19F3N2O2.C11H16N2O2/c1-17(2,3)16(24)23-15-6-4-5-13(22-15)11-25-14-9-7-12(8-10-14)18(19,20)21;1-11(2,3)10(15)13-9-6-4-5-8(7-14)12-9/h4-10H,11H2,1-3H3,(H,22,23,24);4-6,14H,7H2,1-3H3,(H,12,13,15). The van der Waals surface area contributed by atoms with Gasteiger partial charge in [0.15, 0.2) is 0 Å². The van der Waals surface area contributed by atoms with Gasteiger partial charge in [0, 0.05) is 10.8 Å². The number of ether oxygens (including phenoxy) is 1. The maximum absolute atomic E-state index is 12.5. The van der Waals surface area contributed by atoms with E-state index in [9.17, 15) is 22.8 Å². The molecule has 0 aliphatic carbocycles. The number of carbonyl (C=O) groups excluding carboxylic acids is 2. The molecule has 0 unspecified atom stereocenters. The minimum absolute atomic E-state index is 0.0740. The average molecular weight is 561 g/mol. The van der Waals surface area contributed by atoms with Crippen molar-refractivity contribution < 1.29 is 32.6 Å². The Balaban J connectivity index is 0.000000319. The molecule has 216 valence electrons. The van der Waals surface area contributed by atoms with Gasteiger partial charge in [-0.15, -0.1) is 0 Å². The third-order valence-electron chi connectivity index (χ3n) is 5.19. The van der Waals surface area contributed by atoms with Gasteiger partial charge in [-0.2, -0.15) is 13.2 Å². The van der Waals surface area contributed by atoms with E-state index < -0.39 is 22.6 Å². The van der Waals surface area contributed by atoms with E-state index in [2.05, 4.69) is 20.6 Å². The van der Waals surface area contributed by atoms with Crippen molar-refractivity contribution in [1.29, 1.82) is 0 Å². The Hall–Kier alpha value is -3.99. The van der Waals surface area contributed by atoms with Gasteiger partial charge in [0.05, 0.1) is 23.6 Å². The fourth-order valence-corrected chi connectivity index (χ4v) is 2.77. The number of alkyl halides is 3. The molecule has 0 spiro atoms. The number of carbonyl (C=O) groups is 2. The Labute approximate surface area is 232 Å². The van der Waals surface area contributed by atoms with Crippen LogP contribution < -0.4 is 15.4 Å². The van der Waals surface area contributed by atoms with Crippen LogP contribution in [0.15, 0.2) is 60.7 Å². The molecule has 1 aromatic carbocycles. The number of pyridine rings is 2. The molecule has 8 nitrogen and oxygen atoms in total. The van der Waals surface area contributed by atoms with Crippen LogP contribution in [-0.4, -0.2) is 26.9 Å². The van der Waals surface area contributed by atoms with Crippen molar-refractivity contribution >= 4 is 23.5 Å². The first kappa shape index (κ1) is 32.2. The van der Waals surface area contributed by atoms with Gasteiger partial charge in [-0.25, -0.2) is 9.97 Å². The Kier molecular flexibility index (Phi) is 10.8. The van der Waals surface area contributed by atoms with E-state index >= 15 is 0 Å². The summed E-state index contributed by atoms with van der Waals surface area (Å²) < 4.78 is 43.0. The Morgan fingerprint density at radius 2 is 1.20 bits per heavy atom. The van der Waals surface area contributed by atoms with E-state index in [1.165, 1.54) is 12.1 Å². The lowest BCUT2D eigenvalue weighted by molar-refractivity contribution is -0.137. The van der Waals surface area contributed by atoms with Crippen LogP contribution in [0.2, 0.25) is 0 Å². The Bertz CT molecular complexity index is 1280. The lowest BCUT2D eigenvalue weighted by Crippen LogP contribution is -2.28. The van der Waals surface area contributed by atoms with Gasteiger partial charge in [0.2, 0.25) is 11.8 Å². The summed E-state index contributed by atoms with van der Waals surface area (Å²) in [5.74, 6) is 0.916. The molecule has 0 saturated heterocycles. The normalized spacial score (nSPS) is 11.7. The Morgan fingerprint density at radius 3 is 1.62 bits per heavy atom. The second kappa shape index (κ2) is 13.4. The molecule has 0 radical (unpaired) electrons. The van der Waals surface area contributed by atoms with Crippen LogP contribution in [0.1, 0.15) is 58.5 Å². The number of halogens is 3. The van der Waals surface area contributed by atoms with Crippen LogP contribution in [-0.2, 0) is 29.0 Å². The number of rotatable bonds is 6. The number of nitrogens with zero attached hydrogens (tertiary/aromatic N) is 2. The van der Waals surface area contributed by atoms with E-state index in [-0.39, 0.29) is 25.0 Å². The first-order valence-electron chi connectivity index (χ1n) is 12.4. The molecule has 2 aromatic heterocycles. The second-order valence-electron chi connectivity index (χ2n) is 10.9. The first-order chi connectivity index (χ1) is 18.5. The predicted octanol–water partition coefficient (Wildman–Crippen LogP) is 6.22. The van der Waals surface area contributed by atoms with Gasteiger partial charge < -0.3 is 20.5 Å². The molecule has 11 heteroatoms. The zero-order valence-corrected chi connectivity index (χ0v) is 23.4. The highest BCUT2D eigenvalue weighted by Gasteiger charge is 2.30. The topological polar surface area (TPSA) is 113 Å². The fourth-order valence-electron chi connectivity index (χ4n) is 2.77. The summed E-state index contributed by atoms with van der Waals surface area (Å²) in [6.45, 7) is 10.8. The van der Waals surface area contributed by atoms with E-state index in [4.69, 9.17) is 9.84 Å². The van der Waals surface area contributed by atoms with Crippen LogP contribution in [0.4, 0.5) is 24.8 Å². The molecule has 3 aromatic rings. The third-order valence-corrected chi connectivity index (χ3v) is 5.19. The van der Waals surface area contributed by atoms with Gasteiger partial charge in [0.1, 0.15) is 24.0 Å². The molecule has 0 atom stereocenters. The maximum atomic E-state index is 12.5. The lowest BCUT2D eigenvalue weighted by atomic mass is 9.96. The van der Waals surface area contributed by atoms with E-state index in [1.54, 1.807) is 57.2 Å². The second-order valence-corrected chi connectivity index (χ2v) is 10.9. The smallest absolute Gasteiger partial charge is 0.416 e. The first-order valence-corrected chi connectivity index (χ1v) is 12.4. The summed E-state index contributed by atoms with van der Waals surface area (Å²) in [5, 5.41) is 14.3. The van der Waals surface area contributed by atoms with Crippen LogP contribution in [0.25, 0.3) is 0 Å². The number of amides is 2. The molecule has 0 aliphatic heterocycles. The molecule has 0 saturated carbocycles. The molecular weight excluding hydrogens is 525 g/mol. The van der Waals surface area contributed by atoms with E-state index in [0.29, 0.717) is 28.8 Å². The number of aromatic nitrogens is 2. The summed E-state index contributed by atoms with van der Waals surface area (Å²) in [4.78, 5) is 31.9. The van der Waals surface area contributed by atoms with Crippen LogP contribution in [0.5, 0.6) is 5.75 Å². The van der Waals surface area contributed by atoms with Gasteiger partial charge in [0.25, 0.3) is 0 Å². The summed E-state index contributed by atoms with van der Waals surface area (Å²) in [5.41, 5.74) is -0.635. The van der Waals surface area contributed by atoms with Crippen molar-refractivity contribution in [2.75, 3.05) is 10.6 Å². The number of hydrogen-bond acceptors (Lipinski definition) is 6. The number of benzene rings is 1. The van der Waals surface area contributed by atoms with Crippen LogP contribution >= 0.6 is 0 Å². The summed E-state index contributed by atoms with van der Waals surface area (Å²) in [6.07, 6.45) is -4.38. The number of anilines is 2. The van der Waals surface area contributed by atoms with Gasteiger partial charge in [-0.1, -0.05) is 53.7 Å². The molecule has 0 aliphatic rings. The molecule has 3 N–H and O–H groups in total. The molecule has 0 fully saturated rings. The molecule has 3 rings (SSSR count). The van der Waals surface area contributed by atoms with Gasteiger partial charge >= 0.3 is 6.18 Å². The largest absolute Gasteiger partial charge is 0.487 e. The molecule has 2 amide bonds. The highest BCUT2D eigenvalue weighted by Crippen LogP contribution is 2.30. The van der Waals surface area contributed by atoms with Crippen molar-refractivity contribution in [2.45, 2.75) is 60.9 Å². The molecular formula is C29H35F3N4O4. The minimum Gasteiger partial charge on any atom is -0.487 e. The monoisotopic (exact) mass is 560 g/mol. The Morgan fingerprint density at radius 1 is 0.750 bits per heavy atom. The number of aliphatic hydroxyl groups is 1. The SMILES string of the molecule is CC(C)(C)C(=O)Nc1cccc(CO)n1.CC(C)(C)C(=O)Nc1cccc(COc2ccc(C(F)(F)F)cc2)n1. The van der Waals surface area contributed by atoms with Gasteiger partial charge in [-0.3, -0.25) is 9.59 Å². The summed E-state index contributed by atoms with van der Waals surface area (Å²) in [7, 11) is 0. The van der Waals surface area contributed by atoms with Crippen molar-refractivity contribution in [1.82, 2.24) is 9.97 Å². The van der Waals surface area contributed by atoms with Crippen LogP contribution in [0.3, 0.4) is 0 Å². The molecule has 0 bridgehead atoms. The quantitative estimate of drug-likeness (QED) is 0.330. The lowest BCUT2D eigenvalue weighted by Gasteiger charge is -2.17. The third kappa shape index (κ3) is 10.6. The highest BCUT2D eigenvalue weighted by molar-refractivity contribution is 5.94. The highest BCUT2D eigenvalue weighted by atomic mass is 19.4. The number of aliphatic hydroxyl groups excluding tert-OH is 1. The maximum Gasteiger partial charge on any atom is 0.416 e. The summed E-state index contributed by atoms with van der Waals surface area (Å²) in [6, 6.07) is 14.7. The zero-order valence-electron chi connectivity index (χ0n) is 23.4. The fraction of sp³-hybridized carbons (Fsp3) is 0.379. The van der Waals surface area contributed by atoms with Crippen molar-refractivity contribution in [3.05, 3.63) is 77.6 Å². The predicted molar refractivity (Wildman–Crippen MR) is 146 cm³/mol. The zero-order chi connectivity index (χ0) is 30.1. The number of hydrogen-bond donors (Lipinski definition) is 3. The van der Waals surface area contributed by atoms with Crippen LogP contribution in [0, 0.1) is 10.8 Å². The van der Waals surface area contributed by atoms with E-state index in [0.717, 1.165) is 12.1 Å². The van der Waals surface area contributed by atoms with Crippen molar-refractivity contribution in [3.63, 3.8) is 0 Å². The van der Waals surface area contributed by atoms with E-state index in [1.807, 2.05) is 20.8 Å². The van der Waals surface area contributed by atoms with Crippen molar-refractivity contribution in [2.24, 2.45) is 10.8 Å².